The standard InChI is InChI=1S/C14H13N3O3/c1-8-6-9(15)2-5-12(8)17-16-10-3-4-11(14(19)20)13(18)7-10/h2-7,18H,15H2,1H3,(H,19,20). The van der Waals surface area contributed by atoms with Crippen LogP contribution in [0.15, 0.2) is 46.6 Å². The van der Waals surface area contributed by atoms with Crippen molar-refractivity contribution in [3.63, 3.8) is 0 Å². The van der Waals surface area contributed by atoms with Crippen LogP contribution in [-0.4, -0.2) is 16.2 Å². The molecule has 2 aromatic rings. The predicted octanol–water partition coefficient (Wildman–Crippen LogP) is 3.40. The second-order valence-electron chi connectivity index (χ2n) is 4.25. The Morgan fingerprint density at radius 3 is 2.50 bits per heavy atom. The van der Waals surface area contributed by atoms with Gasteiger partial charge in [0.2, 0.25) is 0 Å². The summed E-state index contributed by atoms with van der Waals surface area (Å²) >= 11 is 0. The minimum absolute atomic E-state index is 0.174. The number of nitrogens with two attached hydrogens (primary N) is 1. The number of nitrogen functional groups attached to an aromatic ring is 1. The van der Waals surface area contributed by atoms with E-state index in [2.05, 4.69) is 10.2 Å². The second-order valence-corrected chi connectivity index (χ2v) is 4.25. The van der Waals surface area contributed by atoms with Gasteiger partial charge in [0.25, 0.3) is 0 Å². The highest BCUT2D eigenvalue weighted by Gasteiger charge is 2.09. The van der Waals surface area contributed by atoms with Crippen LogP contribution in [0.3, 0.4) is 0 Å². The Morgan fingerprint density at radius 1 is 1.15 bits per heavy atom. The zero-order valence-corrected chi connectivity index (χ0v) is 10.7. The van der Waals surface area contributed by atoms with Crippen molar-refractivity contribution in [2.24, 2.45) is 10.2 Å². The van der Waals surface area contributed by atoms with Gasteiger partial charge >= 0.3 is 5.97 Å². The maximum absolute atomic E-state index is 10.8. The van der Waals surface area contributed by atoms with E-state index >= 15 is 0 Å². The number of rotatable bonds is 3. The molecule has 0 amide bonds. The first-order chi connectivity index (χ1) is 9.47. The molecule has 4 N–H and O–H groups in total. The number of aromatic hydroxyl groups is 1. The van der Waals surface area contributed by atoms with Gasteiger partial charge in [0.05, 0.1) is 11.4 Å². The first-order valence-corrected chi connectivity index (χ1v) is 5.81. The molecule has 0 saturated heterocycles. The Hall–Kier alpha value is -2.89. The average molecular weight is 271 g/mol. The number of aromatic carboxylic acids is 1. The summed E-state index contributed by atoms with van der Waals surface area (Å²) in [7, 11) is 0. The molecule has 20 heavy (non-hydrogen) atoms. The van der Waals surface area contributed by atoms with Crippen LogP contribution in [0.2, 0.25) is 0 Å². The van der Waals surface area contributed by atoms with E-state index in [9.17, 15) is 9.90 Å². The van der Waals surface area contributed by atoms with Crippen molar-refractivity contribution in [2.75, 3.05) is 5.73 Å². The molecule has 0 saturated carbocycles. The number of phenols is 1. The first kappa shape index (κ1) is 13.5. The van der Waals surface area contributed by atoms with Crippen LogP contribution in [0.25, 0.3) is 0 Å². The highest BCUT2D eigenvalue weighted by molar-refractivity contribution is 5.91. The molecule has 0 aliphatic carbocycles. The molecule has 0 atom stereocenters. The molecule has 102 valence electrons. The molecule has 6 heteroatoms. The SMILES string of the molecule is Cc1cc(N)ccc1N=Nc1ccc(C(=O)O)c(O)c1. The monoisotopic (exact) mass is 271 g/mol. The number of anilines is 1. The number of hydrogen-bond donors (Lipinski definition) is 3. The van der Waals surface area contributed by atoms with Crippen LogP contribution < -0.4 is 5.73 Å². The highest BCUT2D eigenvalue weighted by atomic mass is 16.4. The van der Waals surface area contributed by atoms with E-state index in [-0.39, 0.29) is 11.3 Å². The summed E-state index contributed by atoms with van der Waals surface area (Å²) in [6.45, 7) is 1.86. The molecule has 0 aromatic heterocycles. The van der Waals surface area contributed by atoms with Crippen molar-refractivity contribution in [3.05, 3.63) is 47.5 Å². The molecule has 2 rings (SSSR count). The minimum Gasteiger partial charge on any atom is -0.507 e. The predicted molar refractivity (Wildman–Crippen MR) is 74.8 cm³/mol. The lowest BCUT2D eigenvalue weighted by atomic mass is 10.2. The quantitative estimate of drug-likeness (QED) is 0.587. The van der Waals surface area contributed by atoms with Crippen LogP contribution in [0.4, 0.5) is 17.1 Å². The fourth-order valence-electron chi connectivity index (χ4n) is 1.67. The van der Waals surface area contributed by atoms with E-state index < -0.39 is 5.97 Å². The Bertz CT molecular complexity index is 696. The van der Waals surface area contributed by atoms with Gasteiger partial charge in [-0.1, -0.05) is 0 Å². The van der Waals surface area contributed by atoms with E-state index in [1.807, 2.05) is 6.92 Å². The largest absolute Gasteiger partial charge is 0.507 e. The first-order valence-electron chi connectivity index (χ1n) is 5.81. The summed E-state index contributed by atoms with van der Waals surface area (Å²) in [6.07, 6.45) is 0. The van der Waals surface area contributed by atoms with E-state index in [4.69, 9.17) is 10.8 Å². The van der Waals surface area contributed by atoms with Gasteiger partial charge in [-0.05, 0) is 42.8 Å². The fourth-order valence-corrected chi connectivity index (χ4v) is 1.67. The third kappa shape index (κ3) is 2.92. The third-order valence-corrected chi connectivity index (χ3v) is 2.71. The molecular formula is C14H13N3O3. The Kier molecular flexibility index (Phi) is 3.65. The number of azo groups is 1. The number of carboxylic acid groups (broad SMARTS) is 1. The molecule has 0 radical (unpaired) electrons. The van der Waals surface area contributed by atoms with Crippen LogP contribution in [0, 0.1) is 6.92 Å². The lowest BCUT2D eigenvalue weighted by Crippen LogP contribution is -1.95. The van der Waals surface area contributed by atoms with Gasteiger partial charge in [0.15, 0.2) is 0 Å². The molecule has 0 aliphatic rings. The second kappa shape index (κ2) is 5.40. The number of carbonyl (C=O) groups is 1. The smallest absolute Gasteiger partial charge is 0.339 e. The van der Waals surface area contributed by atoms with Crippen molar-refractivity contribution >= 4 is 23.0 Å². The van der Waals surface area contributed by atoms with Gasteiger partial charge in [-0.2, -0.15) is 10.2 Å². The van der Waals surface area contributed by atoms with Crippen LogP contribution >= 0.6 is 0 Å². The molecule has 2 aromatic carbocycles. The topological polar surface area (TPSA) is 108 Å². The summed E-state index contributed by atoms with van der Waals surface area (Å²) in [5.74, 6) is -1.54. The molecule has 6 nitrogen and oxygen atoms in total. The maximum Gasteiger partial charge on any atom is 0.339 e. The van der Waals surface area contributed by atoms with Gasteiger partial charge in [-0.3, -0.25) is 0 Å². The molecular weight excluding hydrogens is 258 g/mol. The summed E-state index contributed by atoms with van der Waals surface area (Å²) in [5.41, 5.74) is 8.00. The van der Waals surface area contributed by atoms with Crippen molar-refractivity contribution in [2.45, 2.75) is 6.92 Å². The lowest BCUT2D eigenvalue weighted by molar-refractivity contribution is 0.0694. The van der Waals surface area contributed by atoms with Gasteiger partial charge in [-0.15, -0.1) is 0 Å². The van der Waals surface area contributed by atoms with E-state index in [1.54, 1.807) is 18.2 Å². The van der Waals surface area contributed by atoms with Gasteiger partial charge in [0, 0.05) is 11.8 Å². The number of nitrogens with zero attached hydrogens (tertiary/aromatic N) is 2. The van der Waals surface area contributed by atoms with Crippen molar-refractivity contribution in [1.29, 1.82) is 0 Å². The molecule has 0 fully saturated rings. The molecule has 0 unspecified atom stereocenters. The highest BCUT2D eigenvalue weighted by Crippen LogP contribution is 2.27. The summed E-state index contributed by atoms with van der Waals surface area (Å²) in [5, 5.41) is 26.4. The molecule has 0 aliphatic heterocycles. The average Bonchev–Trinajstić information content (AvgIpc) is 2.37. The van der Waals surface area contributed by atoms with E-state index in [0.717, 1.165) is 5.56 Å². The van der Waals surface area contributed by atoms with E-state index in [1.165, 1.54) is 18.2 Å². The molecule has 0 heterocycles. The van der Waals surface area contributed by atoms with Crippen molar-refractivity contribution in [3.8, 4) is 5.75 Å². The molecule has 0 bridgehead atoms. The summed E-state index contributed by atoms with van der Waals surface area (Å²) in [4.78, 5) is 10.8. The van der Waals surface area contributed by atoms with Crippen LogP contribution in [-0.2, 0) is 0 Å². The van der Waals surface area contributed by atoms with Gasteiger partial charge in [-0.25, -0.2) is 4.79 Å². The van der Waals surface area contributed by atoms with Crippen molar-refractivity contribution in [1.82, 2.24) is 0 Å². The lowest BCUT2D eigenvalue weighted by Gasteiger charge is -2.01. The zero-order valence-electron chi connectivity index (χ0n) is 10.7. The number of aryl methyl sites for hydroxylation is 1. The summed E-state index contributed by atoms with van der Waals surface area (Å²) in [6, 6.07) is 9.23. The third-order valence-electron chi connectivity index (χ3n) is 2.71. The summed E-state index contributed by atoms with van der Waals surface area (Å²) < 4.78 is 0. The van der Waals surface area contributed by atoms with Crippen molar-refractivity contribution < 1.29 is 15.0 Å². The van der Waals surface area contributed by atoms with Gasteiger partial charge < -0.3 is 15.9 Å². The maximum atomic E-state index is 10.8. The molecule has 0 spiro atoms. The zero-order chi connectivity index (χ0) is 14.7. The van der Waals surface area contributed by atoms with E-state index in [0.29, 0.717) is 17.1 Å². The number of benzene rings is 2. The number of carboxylic acids is 1. The Labute approximate surface area is 115 Å². The van der Waals surface area contributed by atoms with Gasteiger partial charge in [0.1, 0.15) is 11.3 Å². The normalized spacial score (nSPS) is 10.8. The number of hydrogen-bond acceptors (Lipinski definition) is 5. The van der Waals surface area contributed by atoms with Crippen LogP contribution in [0.5, 0.6) is 5.75 Å². The fraction of sp³-hybridized carbons (Fsp3) is 0.0714. The minimum atomic E-state index is -1.19. The van der Waals surface area contributed by atoms with Crippen LogP contribution in [0.1, 0.15) is 15.9 Å². The Morgan fingerprint density at radius 2 is 1.90 bits per heavy atom. The Balaban J connectivity index is 2.27.